The fourth-order valence-electron chi connectivity index (χ4n) is 5.84. The average Bonchev–Trinajstić information content (AvgIpc) is 3.19. The molecule has 0 bridgehead atoms. The van der Waals surface area contributed by atoms with Crippen LogP contribution in [0.5, 0.6) is 0 Å². The van der Waals surface area contributed by atoms with Gasteiger partial charge in [-0.3, -0.25) is 13.8 Å². The smallest absolute Gasteiger partial charge is 0.457 e. The molecule has 56 heavy (non-hydrogen) atoms. The predicted molar refractivity (Wildman–Crippen MR) is 238 cm³/mol. The van der Waals surface area contributed by atoms with Gasteiger partial charge in [-0.2, -0.15) is 0 Å². The Morgan fingerprint density at radius 2 is 1.00 bits per heavy atom. The van der Waals surface area contributed by atoms with E-state index in [4.69, 9.17) is 24.3 Å². The lowest BCUT2D eigenvalue weighted by Crippen LogP contribution is -2.28. The number of phosphoric ester groups is 1. The van der Waals surface area contributed by atoms with E-state index in [1.165, 1.54) is 77.0 Å². The molecule has 8 nitrogen and oxygen atoms in total. The molecular weight excluding hydrogens is 721 g/mol. The van der Waals surface area contributed by atoms with Gasteiger partial charge in [0.25, 0.3) is 0 Å². The normalized spacial score (nSPS) is 14.1. The third kappa shape index (κ3) is 43.1. The van der Waals surface area contributed by atoms with E-state index in [2.05, 4.69) is 86.8 Å². The average molecular weight is 806 g/mol. The summed E-state index contributed by atoms with van der Waals surface area (Å²) in [6.45, 7) is 4.73. The second-order valence-electron chi connectivity index (χ2n) is 14.5. The van der Waals surface area contributed by atoms with Crippen LogP contribution in [0.1, 0.15) is 181 Å². The Morgan fingerprint density at radius 1 is 0.554 bits per heavy atom. The number of carbonyl (C=O) groups excluding carboxylic acids is 1. The van der Waals surface area contributed by atoms with E-state index in [0.29, 0.717) is 13.0 Å². The van der Waals surface area contributed by atoms with E-state index < -0.39 is 13.9 Å². The molecule has 0 rings (SSSR count). The lowest BCUT2D eigenvalue weighted by Gasteiger charge is -2.20. The number of hydrogen-bond donors (Lipinski definition) is 2. The first-order valence-corrected chi connectivity index (χ1v) is 23.9. The fraction of sp³-hybridized carbons (Fsp3) is 0.723. The molecule has 0 amide bonds. The molecular formula is C47H84NO7P. The summed E-state index contributed by atoms with van der Waals surface area (Å²) in [7, 11) is -4.29. The first-order chi connectivity index (χ1) is 27.4. The van der Waals surface area contributed by atoms with Crippen molar-refractivity contribution in [2.24, 2.45) is 5.73 Å². The molecule has 0 radical (unpaired) electrons. The zero-order valence-corrected chi connectivity index (χ0v) is 36.7. The number of rotatable bonds is 42. The Morgan fingerprint density at radius 3 is 1.52 bits per heavy atom. The second kappa shape index (κ2) is 44.1. The van der Waals surface area contributed by atoms with Gasteiger partial charge in [0, 0.05) is 19.6 Å². The summed E-state index contributed by atoms with van der Waals surface area (Å²) in [5, 5.41) is 0. The van der Waals surface area contributed by atoms with Crippen molar-refractivity contribution in [3.05, 3.63) is 72.9 Å². The first-order valence-electron chi connectivity index (χ1n) is 22.4. The maximum absolute atomic E-state index is 12.6. The van der Waals surface area contributed by atoms with Gasteiger partial charge in [0.2, 0.25) is 0 Å². The Balaban J connectivity index is 4.10. The second-order valence-corrected chi connectivity index (χ2v) is 16.0. The molecule has 0 aliphatic rings. The third-order valence-electron chi connectivity index (χ3n) is 9.11. The van der Waals surface area contributed by atoms with Crippen LogP contribution in [0.15, 0.2) is 72.9 Å². The van der Waals surface area contributed by atoms with E-state index in [-0.39, 0.29) is 32.3 Å². The molecule has 0 heterocycles. The lowest BCUT2D eigenvalue weighted by molar-refractivity contribution is -0.154. The van der Waals surface area contributed by atoms with Gasteiger partial charge in [-0.25, -0.2) is 4.57 Å². The summed E-state index contributed by atoms with van der Waals surface area (Å²) < 4.78 is 33.4. The molecule has 0 aliphatic carbocycles. The number of nitrogens with two attached hydrogens (primary N) is 1. The highest BCUT2D eigenvalue weighted by atomic mass is 31.2. The van der Waals surface area contributed by atoms with Crippen molar-refractivity contribution < 1.29 is 32.8 Å². The van der Waals surface area contributed by atoms with Gasteiger partial charge in [0.05, 0.1) is 19.8 Å². The van der Waals surface area contributed by atoms with Crippen LogP contribution in [0.3, 0.4) is 0 Å². The van der Waals surface area contributed by atoms with Crippen molar-refractivity contribution in [1.29, 1.82) is 0 Å². The monoisotopic (exact) mass is 806 g/mol. The maximum atomic E-state index is 12.6. The largest absolute Gasteiger partial charge is 0.472 e. The van der Waals surface area contributed by atoms with Crippen molar-refractivity contribution in [1.82, 2.24) is 0 Å². The van der Waals surface area contributed by atoms with Crippen LogP contribution in [0.25, 0.3) is 0 Å². The Hall–Kier alpha value is -2.06. The topological polar surface area (TPSA) is 117 Å². The number of esters is 1. The van der Waals surface area contributed by atoms with Crippen LogP contribution in [0.4, 0.5) is 0 Å². The van der Waals surface area contributed by atoms with E-state index >= 15 is 0 Å². The van der Waals surface area contributed by atoms with Crippen LogP contribution in [0.2, 0.25) is 0 Å². The van der Waals surface area contributed by atoms with Gasteiger partial charge in [-0.15, -0.1) is 0 Å². The summed E-state index contributed by atoms with van der Waals surface area (Å²) in [6, 6.07) is 0. The lowest BCUT2D eigenvalue weighted by atomic mass is 10.1. The SMILES string of the molecule is CC/C=C\C/C=C\C/C=C\C/C=C\C/C=C\CCCCCCOCC(COP(=O)(O)OCCN)OC(=O)CCCCCCCCC/C=C\CCCCCCCC. The van der Waals surface area contributed by atoms with E-state index in [9.17, 15) is 14.3 Å². The summed E-state index contributed by atoms with van der Waals surface area (Å²) in [4.78, 5) is 22.5. The number of phosphoric acid groups is 1. The number of ether oxygens (including phenoxy) is 2. The van der Waals surface area contributed by atoms with E-state index in [1.807, 2.05) is 0 Å². The molecule has 0 fully saturated rings. The minimum Gasteiger partial charge on any atom is -0.457 e. The standard InChI is InChI=1S/C47H84NO7P/c1-3-5-7-9-11-13-15-17-19-21-22-23-25-27-29-31-33-35-37-39-42-52-44-46(45-54-56(50,51)53-43-41-48)55-47(49)40-38-36-34-32-30-28-26-24-20-18-16-14-12-10-8-6-4-2/h5,7,11,13,17-20,22-23,27,29,46H,3-4,6,8-10,12,14-16,21,24-26,28,30-45,48H2,1-2H3,(H,50,51)/b7-5-,13-11-,19-17-,20-18-,23-22-,29-27-. The molecule has 0 aliphatic heterocycles. The maximum Gasteiger partial charge on any atom is 0.472 e. The molecule has 2 unspecified atom stereocenters. The Bertz CT molecular complexity index is 1080. The van der Waals surface area contributed by atoms with Crippen LogP contribution in [-0.4, -0.2) is 49.9 Å². The Labute approximate surface area is 344 Å². The molecule has 324 valence electrons. The van der Waals surface area contributed by atoms with Gasteiger partial charge < -0.3 is 20.1 Å². The Kier molecular flexibility index (Phi) is 42.4. The van der Waals surface area contributed by atoms with Gasteiger partial charge in [0.1, 0.15) is 6.10 Å². The number of allylic oxidation sites excluding steroid dienone is 12. The van der Waals surface area contributed by atoms with Gasteiger partial charge in [-0.05, 0) is 83.5 Å². The summed E-state index contributed by atoms with van der Waals surface area (Å²) in [6.07, 6.45) is 54.9. The molecule has 0 saturated carbocycles. The van der Waals surface area contributed by atoms with Crippen LogP contribution < -0.4 is 5.73 Å². The van der Waals surface area contributed by atoms with E-state index in [0.717, 1.165) is 83.5 Å². The molecule has 0 aromatic rings. The molecule has 9 heteroatoms. The van der Waals surface area contributed by atoms with Gasteiger partial charge in [0.15, 0.2) is 0 Å². The summed E-state index contributed by atoms with van der Waals surface area (Å²) in [5.74, 6) is -0.347. The quantitative estimate of drug-likeness (QED) is 0.0271. The zero-order valence-electron chi connectivity index (χ0n) is 35.8. The van der Waals surface area contributed by atoms with Crippen molar-refractivity contribution in [2.45, 2.75) is 187 Å². The highest BCUT2D eigenvalue weighted by Crippen LogP contribution is 2.43. The molecule has 0 aromatic heterocycles. The van der Waals surface area contributed by atoms with Crippen molar-refractivity contribution in [3.8, 4) is 0 Å². The minimum absolute atomic E-state index is 0.0917. The van der Waals surface area contributed by atoms with Crippen molar-refractivity contribution in [2.75, 3.05) is 33.0 Å². The number of carbonyl (C=O) groups is 1. The van der Waals surface area contributed by atoms with Gasteiger partial charge >= 0.3 is 13.8 Å². The summed E-state index contributed by atoms with van der Waals surface area (Å²) >= 11 is 0. The minimum atomic E-state index is -4.29. The van der Waals surface area contributed by atoms with Crippen LogP contribution in [-0.2, 0) is 27.9 Å². The molecule has 0 aromatic carbocycles. The molecule has 0 spiro atoms. The predicted octanol–water partition coefficient (Wildman–Crippen LogP) is 13.5. The highest BCUT2D eigenvalue weighted by Gasteiger charge is 2.25. The zero-order chi connectivity index (χ0) is 40.9. The third-order valence-corrected chi connectivity index (χ3v) is 10.1. The molecule has 3 N–H and O–H groups in total. The van der Waals surface area contributed by atoms with Crippen LogP contribution >= 0.6 is 7.82 Å². The molecule has 2 atom stereocenters. The van der Waals surface area contributed by atoms with Gasteiger partial charge in [-0.1, -0.05) is 164 Å². The van der Waals surface area contributed by atoms with E-state index in [1.54, 1.807) is 0 Å². The number of unbranched alkanes of at least 4 members (excludes halogenated alkanes) is 17. The fourth-order valence-corrected chi connectivity index (χ4v) is 6.61. The summed E-state index contributed by atoms with van der Waals surface area (Å²) in [5.41, 5.74) is 5.37. The van der Waals surface area contributed by atoms with Crippen LogP contribution in [0, 0.1) is 0 Å². The molecule has 0 saturated heterocycles. The first kappa shape index (κ1) is 53.9. The highest BCUT2D eigenvalue weighted by molar-refractivity contribution is 7.47. The van der Waals surface area contributed by atoms with Crippen molar-refractivity contribution in [3.63, 3.8) is 0 Å². The number of hydrogen-bond acceptors (Lipinski definition) is 7. The van der Waals surface area contributed by atoms with Crippen molar-refractivity contribution >= 4 is 13.8 Å².